The Labute approximate surface area is 350 Å². The Balaban J connectivity index is 0.649. The number of likely N-dealkylation sites (tertiary alicyclic amines) is 2. The van der Waals surface area contributed by atoms with Crippen LogP contribution < -0.4 is 10.1 Å². The van der Waals surface area contributed by atoms with Gasteiger partial charge in [-0.2, -0.15) is 0 Å². The Morgan fingerprint density at radius 2 is 1.16 bits per heavy atom. The van der Waals surface area contributed by atoms with E-state index >= 15 is 0 Å². The molecule has 0 radical (unpaired) electrons. The molecule has 314 valence electrons. The number of fused-ring (bicyclic) bond motifs is 2. The number of anilines is 1. The van der Waals surface area contributed by atoms with E-state index < -0.39 is 0 Å². The van der Waals surface area contributed by atoms with Gasteiger partial charge in [-0.05, 0) is 173 Å². The van der Waals surface area contributed by atoms with Crippen LogP contribution >= 0.6 is 0 Å². The predicted octanol–water partition coefficient (Wildman–Crippen LogP) is 11.1. The highest BCUT2D eigenvalue weighted by Gasteiger charge is 2.55. The molecule has 0 aromatic heterocycles. The molecule has 6 heteroatoms. The highest BCUT2D eigenvalue weighted by Crippen LogP contribution is 2.58. The van der Waals surface area contributed by atoms with E-state index in [9.17, 15) is 9.59 Å². The van der Waals surface area contributed by atoms with Crippen LogP contribution in [0.2, 0.25) is 0 Å². The van der Waals surface area contributed by atoms with Crippen molar-refractivity contribution in [3.05, 3.63) is 58.7 Å². The lowest BCUT2D eigenvalue weighted by atomic mass is 9.52. The molecule has 6 fully saturated rings. The zero-order chi connectivity index (χ0) is 39.1. The molecule has 2 saturated heterocycles. The van der Waals surface area contributed by atoms with Gasteiger partial charge < -0.3 is 10.1 Å². The Morgan fingerprint density at radius 1 is 0.603 bits per heavy atom. The second-order valence-electron chi connectivity index (χ2n) is 21.0. The zero-order valence-electron chi connectivity index (χ0n) is 35.8. The van der Waals surface area contributed by atoms with Gasteiger partial charge >= 0.3 is 5.97 Å². The molecule has 0 spiro atoms. The van der Waals surface area contributed by atoms with Crippen molar-refractivity contribution in [1.82, 2.24) is 9.80 Å². The molecule has 1 amide bonds. The number of ether oxygens (including phenoxy) is 1. The first-order chi connectivity index (χ1) is 28.5. The van der Waals surface area contributed by atoms with Crippen LogP contribution in [-0.4, -0.2) is 59.9 Å². The minimum atomic E-state index is -0.0895. The maximum atomic E-state index is 13.1. The number of carbonyl (C=O) groups is 2. The lowest BCUT2D eigenvalue weighted by molar-refractivity contribution is -0.134. The SMILES string of the molecule is O=C(CCCCCCCCC(=O)Oc1ccc2c(c1)[C@@]13CCCCC1[C@@H](C2)N(CC1CCC1)CC3)Nc1ccc2c(c1)[C@@]13CCCCC1[C@@H](C2)N(CC1CCC1)CC3. The van der Waals surface area contributed by atoms with Crippen molar-refractivity contribution in [3.63, 3.8) is 0 Å². The second kappa shape index (κ2) is 17.0. The molecule has 58 heavy (non-hydrogen) atoms. The molecule has 1 N–H and O–H groups in total. The average Bonchev–Trinajstić information content (AvgIpc) is 3.20. The van der Waals surface area contributed by atoms with Gasteiger partial charge in [0.15, 0.2) is 0 Å². The molecule has 2 unspecified atom stereocenters. The molecular formula is C52H73N3O3. The van der Waals surface area contributed by atoms with E-state index in [0.717, 1.165) is 73.6 Å². The summed E-state index contributed by atoms with van der Waals surface area (Å²) in [6, 6.07) is 15.0. The number of unbranched alkanes of at least 4 members (excludes halogenated alkanes) is 5. The summed E-state index contributed by atoms with van der Waals surface area (Å²) in [6.45, 7) is 5.14. The van der Waals surface area contributed by atoms with Gasteiger partial charge in [-0.15, -0.1) is 0 Å². The molecule has 2 aromatic rings. The molecule has 6 aliphatic carbocycles. The van der Waals surface area contributed by atoms with Gasteiger partial charge in [0.2, 0.25) is 5.91 Å². The molecule has 8 aliphatic rings. The third kappa shape index (κ3) is 7.62. The van der Waals surface area contributed by atoms with Gasteiger partial charge in [0.05, 0.1) is 0 Å². The normalized spacial score (nSPS) is 31.8. The number of piperidine rings is 2. The van der Waals surface area contributed by atoms with Gasteiger partial charge in [0.25, 0.3) is 0 Å². The highest BCUT2D eigenvalue weighted by molar-refractivity contribution is 5.90. The lowest BCUT2D eigenvalue weighted by Gasteiger charge is -2.59. The maximum absolute atomic E-state index is 13.1. The van der Waals surface area contributed by atoms with E-state index in [-0.39, 0.29) is 17.3 Å². The number of amides is 1. The average molecular weight is 788 g/mol. The zero-order valence-corrected chi connectivity index (χ0v) is 35.8. The van der Waals surface area contributed by atoms with Crippen LogP contribution in [0.4, 0.5) is 5.69 Å². The number of benzene rings is 2. The van der Waals surface area contributed by atoms with Crippen molar-refractivity contribution in [2.75, 3.05) is 31.5 Å². The van der Waals surface area contributed by atoms with Crippen molar-refractivity contribution in [3.8, 4) is 5.75 Å². The van der Waals surface area contributed by atoms with Gasteiger partial charge in [0, 0.05) is 54.5 Å². The number of nitrogens with zero attached hydrogens (tertiary/aromatic N) is 2. The monoisotopic (exact) mass is 788 g/mol. The van der Waals surface area contributed by atoms with E-state index in [4.69, 9.17) is 4.74 Å². The molecule has 2 heterocycles. The number of rotatable bonds is 15. The van der Waals surface area contributed by atoms with Crippen LogP contribution in [0.15, 0.2) is 36.4 Å². The molecular weight excluding hydrogens is 715 g/mol. The van der Waals surface area contributed by atoms with Crippen molar-refractivity contribution >= 4 is 17.6 Å². The first-order valence-corrected chi connectivity index (χ1v) is 24.7. The Hall–Kier alpha value is -2.70. The summed E-state index contributed by atoms with van der Waals surface area (Å²) < 4.78 is 6.01. The van der Waals surface area contributed by atoms with Gasteiger partial charge in [-0.25, -0.2) is 0 Å². The van der Waals surface area contributed by atoms with Crippen LogP contribution in [-0.2, 0) is 33.3 Å². The third-order valence-electron chi connectivity index (χ3n) is 17.9. The fourth-order valence-corrected chi connectivity index (χ4v) is 14.4. The fraction of sp³-hybridized carbons (Fsp3) is 0.731. The molecule has 4 saturated carbocycles. The second-order valence-corrected chi connectivity index (χ2v) is 21.0. The topological polar surface area (TPSA) is 61.9 Å². The van der Waals surface area contributed by atoms with E-state index in [1.54, 1.807) is 11.1 Å². The summed E-state index contributed by atoms with van der Waals surface area (Å²) in [5, 5.41) is 3.30. The summed E-state index contributed by atoms with van der Waals surface area (Å²) in [7, 11) is 0. The molecule has 6 atom stereocenters. The maximum Gasteiger partial charge on any atom is 0.311 e. The number of esters is 1. The Bertz CT molecular complexity index is 1670. The summed E-state index contributed by atoms with van der Waals surface area (Å²) in [4.78, 5) is 31.9. The quantitative estimate of drug-likeness (QED) is 0.111. The number of nitrogens with one attached hydrogen (secondary N) is 1. The lowest BCUT2D eigenvalue weighted by Crippen LogP contribution is -2.61. The van der Waals surface area contributed by atoms with E-state index in [1.807, 2.05) is 0 Å². The molecule has 4 bridgehead atoms. The predicted molar refractivity (Wildman–Crippen MR) is 233 cm³/mol. The summed E-state index contributed by atoms with van der Waals surface area (Å²) in [6.07, 6.45) is 31.5. The highest BCUT2D eigenvalue weighted by atomic mass is 16.5. The first kappa shape index (κ1) is 39.4. The Kier molecular flexibility index (Phi) is 11.5. The van der Waals surface area contributed by atoms with Crippen molar-refractivity contribution in [2.24, 2.45) is 23.7 Å². The third-order valence-corrected chi connectivity index (χ3v) is 17.9. The fourth-order valence-electron chi connectivity index (χ4n) is 14.4. The molecule has 10 rings (SSSR count). The van der Waals surface area contributed by atoms with E-state index in [1.165, 1.54) is 153 Å². The molecule has 2 aliphatic heterocycles. The van der Waals surface area contributed by atoms with Crippen LogP contribution in [0.5, 0.6) is 5.75 Å². The molecule has 2 aromatic carbocycles. The smallest absolute Gasteiger partial charge is 0.311 e. The van der Waals surface area contributed by atoms with Gasteiger partial charge in [0.1, 0.15) is 5.75 Å². The van der Waals surface area contributed by atoms with E-state index in [0.29, 0.717) is 30.3 Å². The van der Waals surface area contributed by atoms with Crippen LogP contribution in [0.3, 0.4) is 0 Å². The summed E-state index contributed by atoms with van der Waals surface area (Å²) >= 11 is 0. The number of hydrogen-bond acceptors (Lipinski definition) is 5. The van der Waals surface area contributed by atoms with Crippen molar-refractivity contribution in [2.45, 2.75) is 190 Å². The summed E-state index contributed by atoms with van der Waals surface area (Å²) in [5.74, 6) is 4.24. The van der Waals surface area contributed by atoms with Crippen molar-refractivity contribution in [1.29, 1.82) is 0 Å². The van der Waals surface area contributed by atoms with Crippen LogP contribution in [0, 0.1) is 23.7 Å². The van der Waals surface area contributed by atoms with Crippen LogP contribution in [0.1, 0.15) is 176 Å². The van der Waals surface area contributed by atoms with Gasteiger partial charge in [-0.1, -0.05) is 76.3 Å². The minimum absolute atomic E-state index is 0.0895. The standard InChI is InChI=1S/C52H73N3O3/c56-49(53-41-23-21-39-31-47-43-17-7-9-25-51(43,45(39)33-41)27-29-54(47)35-37-13-11-14-37)19-5-3-1-2-4-6-20-50(57)58-42-24-22-40-32-48-44-18-8-10-26-52(44,46(40)34-42)28-30-55(48)36-38-15-12-16-38/h21-24,33-34,37-38,43-44,47-48H,1-20,25-32,35-36H2,(H,53,56)/t43?,44?,47-,48-,51-,52-/m1/s1. The van der Waals surface area contributed by atoms with Gasteiger partial charge in [-0.3, -0.25) is 19.4 Å². The molecule has 6 nitrogen and oxygen atoms in total. The van der Waals surface area contributed by atoms with Crippen LogP contribution in [0.25, 0.3) is 0 Å². The Morgan fingerprint density at radius 3 is 1.74 bits per heavy atom. The largest absolute Gasteiger partial charge is 0.427 e. The minimum Gasteiger partial charge on any atom is -0.427 e. The van der Waals surface area contributed by atoms with E-state index in [2.05, 4.69) is 51.5 Å². The first-order valence-electron chi connectivity index (χ1n) is 24.7. The van der Waals surface area contributed by atoms with Crippen molar-refractivity contribution < 1.29 is 14.3 Å². The number of carbonyl (C=O) groups excluding carboxylic acids is 2. The number of hydrogen-bond donors (Lipinski definition) is 1. The summed E-state index contributed by atoms with van der Waals surface area (Å²) in [5.41, 5.74) is 7.77.